The number of rotatable bonds is 5. The highest BCUT2D eigenvalue weighted by Gasteiger charge is 2.38. The molecule has 1 fully saturated rings. The Morgan fingerprint density at radius 1 is 1.11 bits per heavy atom. The Morgan fingerprint density at radius 3 is 2.50 bits per heavy atom. The summed E-state index contributed by atoms with van der Waals surface area (Å²) in [5.41, 5.74) is 2.37. The first-order valence-electron chi connectivity index (χ1n) is 9.52. The van der Waals surface area contributed by atoms with Gasteiger partial charge in [0.1, 0.15) is 17.5 Å². The number of aromatic amines is 1. The van der Waals surface area contributed by atoms with E-state index in [1.165, 1.54) is 18.2 Å². The van der Waals surface area contributed by atoms with Gasteiger partial charge in [0, 0.05) is 23.9 Å². The molecule has 1 aliphatic rings. The van der Waals surface area contributed by atoms with Crippen LogP contribution >= 0.6 is 0 Å². The minimum Gasteiger partial charge on any atom is -0.356 e. The maximum atomic E-state index is 14.4. The highest BCUT2D eigenvalue weighted by atomic mass is 19.1. The average Bonchev–Trinajstić information content (AvgIpc) is 2.99. The molecular weight excluding hydrogens is 365 g/mol. The van der Waals surface area contributed by atoms with Gasteiger partial charge in [-0.3, -0.25) is 4.79 Å². The van der Waals surface area contributed by atoms with Gasteiger partial charge in [-0.2, -0.15) is 0 Å². The molecule has 28 heavy (non-hydrogen) atoms. The van der Waals surface area contributed by atoms with E-state index in [4.69, 9.17) is 0 Å². The van der Waals surface area contributed by atoms with Crippen LogP contribution in [0, 0.1) is 23.4 Å². The molecule has 3 aromatic rings. The predicted octanol–water partition coefficient (Wildman–Crippen LogP) is 5.27. The van der Waals surface area contributed by atoms with E-state index < -0.39 is 11.6 Å². The molecular formula is C22H21F3N2O. The number of halogens is 3. The van der Waals surface area contributed by atoms with Gasteiger partial charge in [0.2, 0.25) is 5.91 Å². The quantitative estimate of drug-likeness (QED) is 0.616. The van der Waals surface area contributed by atoms with Crippen LogP contribution in [0.4, 0.5) is 13.2 Å². The van der Waals surface area contributed by atoms with Gasteiger partial charge in [-0.1, -0.05) is 6.92 Å². The predicted molar refractivity (Wildman–Crippen MR) is 102 cm³/mol. The maximum Gasteiger partial charge on any atom is 0.223 e. The van der Waals surface area contributed by atoms with E-state index in [2.05, 4.69) is 10.3 Å². The zero-order chi connectivity index (χ0) is 19.8. The molecule has 3 nitrogen and oxygen atoms in total. The van der Waals surface area contributed by atoms with Crippen molar-refractivity contribution in [3.05, 3.63) is 59.4 Å². The van der Waals surface area contributed by atoms with Crippen molar-refractivity contribution in [1.82, 2.24) is 10.3 Å². The fraction of sp³-hybridized carbons (Fsp3) is 0.318. The molecule has 0 atom stereocenters. The van der Waals surface area contributed by atoms with Gasteiger partial charge in [-0.25, -0.2) is 13.2 Å². The molecule has 0 aliphatic heterocycles. The van der Waals surface area contributed by atoms with Gasteiger partial charge in [0.25, 0.3) is 0 Å². The number of benzene rings is 2. The second-order valence-corrected chi connectivity index (χ2v) is 7.39. The van der Waals surface area contributed by atoms with Crippen LogP contribution in [0.15, 0.2) is 36.4 Å². The molecule has 6 heteroatoms. The summed E-state index contributed by atoms with van der Waals surface area (Å²) in [7, 11) is 0. The Morgan fingerprint density at radius 2 is 1.82 bits per heavy atom. The Balaban J connectivity index is 1.73. The van der Waals surface area contributed by atoms with E-state index in [0.717, 1.165) is 18.1 Å². The number of H-pyrrole nitrogens is 1. The average molecular weight is 386 g/mol. The van der Waals surface area contributed by atoms with Crippen molar-refractivity contribution in [3.63, 3.8) is 0 Å². The number of aromatic nitrogens is 1. The van der Waals surface area contributed by atoms with Gasteiger partial charge in [-0.05, 0) is 66.6 Å². The third-order valence-electron chi connectivity index (χ3n) is 5.46. The van der Waals surface area contributed by atoms with Crippen LogP contribution in [-0.2, 0) is 4.79 Å². The number of nitrogens with one attached hydrogen (secondary N) is 2. The molecule has 146 valence electrons. The monoisotopic (exact) mass is 386 g/mol. The molecule has 0 spiro atoms. The molecule has 1 aromatic heterocycles. The number of hydrogen-bond donors (Lipinski definition) is 2. The first kappa shape index (κ1) is 18.6. The summed E-state index contributed by atoms with van der Waals surface area (Å²) in [6.45, 7) is 2.64. The van der Waals surface area contributed by atoms with Gasteiger partial charge in [0.15, 0.2) is 0 Å². The van der Waals surface area contributed by atoms with Crippen molar-refractivity contribution in [3.8, 4) is 11.3 Å². The third kappa shape index (κ3) is 3.28. The fourth-order valence-electron chi connectivity index (χ4n) is 3.97. The van der Waals surface area contributed by atoms with Crippen molar-refractivity contribution in [2.75, 3.05) is 6.54 Å². The van der Waals surface area contributed by atoms with Gasteiger partial charge in [0.05, 0.1) is 11.2 Å². The Hall–Kier alpha value is -2.76. The summed E-state index contributed by atoms with van der Waals surface area (Å²) in [6, 6.07) is 8.07. The number of carbonyl (C=O) groups is 1. The number of carbonyl (C=O) groups excluding carboxylic acids is 1. The second-order valence-electron chi connectivity index (χ2n) is 7.39. The zero-order valence-electron chi connectivity index (χ0n) is 15.5. The lowest BCUT2D eigenvalue weighted by atomic mass is 9.70. The van der Waals surface area contributed by atoms with Crippen molar-refractivity contribution in [2.45, 2.75) is 32.1 Å². The van der Waals surface area contributed by atoms with Crippen LogP contribution in [0.5, 0.6) is 0 Å². The van der Waals surface area contributed by atoms with E-state index in [0.29, 0.717) is 36.0 Å². The lowest BCUT2D eigenvalue weighted by Crippen LogP contribution is -2.38. The van der Waals surface area contributed by atoms with Gasteiger partial charge >= 0.3 is 0 Å². The number of hydrogen-bond acceptors (Lipinski definition) is 1. The smallest absolute Gasteiger partial charge is 0.223 e. The number of amides is 1. The van der Waals surface area contributed by atoms with E-state index in [1.54, 1.807) is 12.1 Å². The molecule has 2 aromatic carbocycles. The van der Waals surface area contributed by atoms with Crippen LogP contribution in [0.1, 0.15) is 37.7 Å². The Bertz CT molecular complexity index is 1020. The minimum absolute atomic E-state index is 0.00683. The summed E-state index contributed by atoms with van der Waals surface area (Å²) in [5.74, 6) is -1.74. The number of fused-ring (bicyclic) bond motifs is 1. The second kappa shape index (κ2) is 7.34. The SMILES string of the molecule is CCCNC(=O)C1CC(c2c(-c3ccc(F)cc3)[nH]c3c(F)cc(F)cc23)C1. The molecule has 0 saturated heterocycles. The molecule has 4 rings (SSSR count). The first-order valence-corrected chi connectivity index (χ1v) is 9.52. The minimum atomic E-state index is -0.666. The Labute approximate surface area is 161 Å². The summed E-state index contributed by atoms with van der Waals surface area (Å²) >= 11 is 0. The molecule has 2 N–H and O–H groups in total. The molecule has 1 saturated carbocycles. The molecule has 1 aliphatic carbocycles. The van der Waals surface area contributed by atoms with Crippen molar-refractivity contribution in [2.24, 2.45) is 5.92 Å². The highest BCUT2D eigenvalue weighted by molar-refractivity contribution is 5.92. The van der Waals surface area contributed by atoms with Crippen molar-refractivity contribution < 1.29 is 18.0 Å². The van der Waals surface area contributed by atoms with Crippen LogP contribution < -0.4 is 5.32 Å². The molecule has 0 radical (unpaired) electrons. The zero-order valence-corrected chi connectivity index (χ0v) is 15.5. The highest BCUT2D eigenvalue weighted by Crippen LogP contribution is 2.48. The molecule has 1 amide bonds. The largest absolute Gasteiger partial charge is 0.356 e. The van der Waals surface area contributed by atoms with E-state index in [1.807, 2.05) is 6.92 Å². The summed E-state index contributed by atoms with van der Waals surface area (Å²) in [6.07, 6.45) is 2.11. The third-order valence-corrected chi connectivity index (χ3v) is 5.46. The van der Waals surface area contributed by atoms with Crippen LogP contribution in [0.2, 0.25) is 0 Å². The molecule has 0 unspecified atom stereocenters. The lowest BCUT2D eigenvalue weighted by Gasteiger charge is -2.35. The van der Waals surface area contributed by atoms with E-state index >= 15 is 0 Å². The van der Waals surface area contributed by atoms with Gasteiger partial charge < -0.3 is 10.3 Å². The topological polar surface area (TPSA) is 44.9 Å². The fourth-order valence-corrected chi connectivity index (χ4v) is 3.97. The lowest BCUT2D eigenvalue weighted by molar-refractivity contribution is -0.127. The van der Waals surface area contributed by atoms with Crippen LogP contribution in [-0.4, -0.2) is 17.4 Å². The first-order chi connectivity index (χ1) is 13.5. The normalized spacial score (nSPS) is 18.9. The molecule has 1 heterocycles. The van der Waals surface area contributed by atoms with Crippen molar-refractivity contribution in [1.29, 1.82) is 0 Å². The van der Waals surface area contributed by atoms with E-state index in [9.17, 15) is 18.0 Å². The summed E-state index contributed by atoms with van der Waals surface area (Å²) < 4.78 is 41.6. The van der Waals surface area contributed by atoms with Crippen LogP contribution in [0.25, 0.3) is 22.2 Å². The Kier molecular flexibility index (Phi) is 4.87. The maximum absolute atomic E-state index is 14.4. The van der Waals surface area contributed by atoms with E-state index in [-0.39, 0.29) is 29.1 Å². The van der Waals surface area contributed by atoms with Crippen LogP contribution in [0.3, 0.4) is 0 Å². The molecule has 0 bridgehead atoms. The summed E-state index contributed by atoms with van der Waals surface area (Å²) in [4.78, 5) is 15.2. The summed E-state index contributed by atoms with van der Waals surface area (Å²) in [5, 5.41) is 3.38. The van der Waals surface area contributed by atoms with Crippen molar-refractivity contribution >= 4 is 16.8 Å². The van der Waals surface area contributed by atoms with Gasteiger partial charge in [-0.15, -0.1) is 0 Å². The standard InChI is InChI=1S/C22H21F3N2O/c1-2-7-26-22(28)14-8-13(9-14)19-17-10-16(24)11-18(25)21(17)27-20(19)12-3-5-15(23)6-4-12/h3-6,10-11,13-14,27H,2,7-9H2,1H3,(H,26,28).